The summed E-state index contributed by atoms with van der Waals surface area (Å²) in [4.78, 5) is 46.8. The number of carbonyl (C=O) groups excluding carboxylic acids is 3. The Kier molecular flexibility index (Phi) is 4.21. The summed E-state index contributed by atoms with van der Waals surface area (Å²) in [7, 11) is 1.34. The highest BCUT2D eigenvalue weighted by atomic mass is 32.2. The average Bonchev–Trinajstić information content (AvgIpc) is 2.41. The lowest BCUT2D eigenvalue weighted by Gasteiger charge is -2.48. The van der Waals surface area contributed by atoms with Crippen LogP contribution in [0, 0.1) is 0 Å². The van der Waals surface area contributed by atoms with Crippen molar-refractivity contribution in [2.75, 3.05) is 12.9 Å². The number of nitrogens with zero attached hydrogens (tertiary/aromatic N) is 1. The fourth-order valence-corrected chi connectivity index (χ4v) is 3.51. The number of carboxylic acid groups (broad SMARTS) is 1. The SMILES string of the molecule is COC1=C(C(=O)O)N2C(=O)[C@@H](NC(=O)CC(C)=O)[C@H]2SC1. The van der Waals surface area contributed by atoms with Crippen LogP contribution in [0.15, 0.2) is 11.5 Å². The predicted octanol–water partition coefficient (Wildman–Crippen LogP) is -0.692. The molecule has 2 N–H and O–H groups in total. The highest BCUT2D eigenvalue weighted by Gasteiger charge is 2.54. The van der Waals surface area contributed by atoms with Crippen molar-refractivity contribution in [3.8, 4) is 0 Å². The highest BCUT2D eigenvalue weighted by molar-refractivity contribution is 8.00. The van der Waals surface area contributed by atoms with Gasteiger partial charge in [0.05, 0.1) is 19.3 Å². The number of Topliss-reactive ketones (excluding diaryl/α,β-unsaturated/α-hetero) is 1. The van der Waals surface area contributed by atoms with Gasteiger partial charge in [0, 0.05) is 0 Å². The molecule has 0 bridgehead atoms. The smallest absolute Gasteiger partial charge is 0.356 e. The zero-order chi connectivity index (χ0) is 15.7. The molecule has 21 heavy (non-hydrogen) atoms. The number of aliphatic carboxylic acids is 1. The number of fused-ring (bicyclic) bond motifs is 1. The summed E-state index contributed by atoms with van der Waals surface area (Å²) >= 11 is 1.30. The lowest BCUT2D eigenvalue weighted by Crippen LogP contribution is -2.70. The van der Waals surface area contributed by atoms with Crippen molar-refractivity contribution in [2.45, 2.75) is 24.8 Å². The quantitative estimate of drug-likeness (QED) is 0.510. The van der Waals surface area contributed by atoms with Crippen LogP contribution in [0.3, 0.4) is 0 Å². The molecule has 0 aromatic rings. The van der Waals surface area contributed by atoms with E-state index in [1.54, 1.807) is 0 Å². The third-order valence-corrected chi connectivity index (χ3v) is 4.36. The molecule has 2 atom stereocenters. The Morgan fingerprint density at radius 3 is 2.67 bits per heavy atom. The van der Waals surface area contributed by atoms with Gasteiger partial charge in [0.2, 0.25) is 5.91 Å². The first kappa shape index (κ1) is 15.4. The molecule has 1 fully saturated rings. The molecular formula is C12H14N2O6S. The van der Waals surface area contributed by atoms with Gasteiger partial charge in [-0.15, -0.1) is 11.8 Å². The summed E-state index contributed by atoms with van der Waals surface area (Å²) in [5, 5.41) is 11.2. The van der Waals surface area contributed by atoms with Crippen LogP contribution in [0.2, 0.25) is 0 Å². The van der Waals surface area contributed by atoms with Gasteiger partial charge in [-0.05, 0) is 6.92 Å². The molecule has 8 nitrogen and oxygen atoms in total. The molecule has 0 saturated carbocycles. The Labute approximate surface area is 124 Å². The second kappa shape index (κ2) is 5.76. The van der Waals surface area contributed by atoms with Gasteiger partial charge in [-0.1, -0.05) is 0 Å². The normalized spacial score (nSPS) is 24.1. The van der Waals surface area contributed by atoms with Crippen molar-refractivity contribution in [1.29, 1.82) is 0 Å². The summed E-state index contributed by atoms with van der Waals surface area (Å²) in [6.45, 7) is 1.28. The van der Waals surface area contributed by atoms with Crippen molar-refractivity contribution in [3.05, 3.63) is 11.5 Å². The van der Waals surface area contributed by atoms with E-state index in [0.29, 0.717) is 5.75 Å². The van der Waals surface area contributed by atoms with Crippen LogP contribution < -0.4 is 5.32 Å². The number of amides is 2. The third kappa shape index (κ3) is 2.73. The maximum Gasteiger partial charge on any atom is 0.356 e. The lowest BCUT2D eigenvalue weighted by molar-refractivity contribution is -0.151. The molecule has 0 radical (unpaired) electrons. The number of ether oxygens (including phenoxy) is 1. The van der Waals surface area contributed by atoms with Crippen LogP contribution in [-0.2, 0) is 23.9 Å². The van der Waals surface area contributed by atoms with Gasteiger partial charge in [0.15, 0.2) is 5.70 Å². The number of methoxy groups -OCH3 is 1. The summed E-state index contributed by atoms with van der Waals surface area (Å²) in [5.41, 5.74) is -0.191. The zero-order valence-corrected chi connectivity index (χ0v) is 12.2. The fourth-order valence-electron chi connectivity index (χ4n) is 2.20. The largest absolute Gasteiger partial charge is 0.498 e. The van der Waals surface area contributed by atoms with Gasteiger partial charge in [0.25, 0.3) is 5.91 Å². The maximum atomic E-state index is 12.1. The van der Waals surface area contributed by atoms with Crippen LogP contribution >= 0.6 is 11.8 Å². The number of nitrogens with one attached hydrogen (secondary N) is 1. The van der Waals surface area contributed by atoms with Gasteiger partial charge in [0.1, 0.15) is 23.0 Å². The lowest BCUT2D eigenvalue weighted by atomic mass is 10.0. The minimum atomic E-state index is -1.25. The second-order valence-electron chi connectivity index (χ2n) is 4.61. The van der Waals surface area contributed by atoms with E-state index in [2.05, 4.69) is 5.32 Å². The number of hydrogen-bond acceptors (Lipinski definition) is 6. The number of carbonyl (C=O) groups is 4. The summed E-state index contributed by atoms with van der Waals surface area (Å²) in [6, 6.07) is -0.811. The number of carboxylic acids is 1. The van der Waals surface area contributed by atoms with Gasteiger partial charge in [-0.3, -0.25) is 19.3 Å². The van der Waals surface area contributed by atoms with Crippen LogP contribution in [0.25, 0.3) is 0 Å². The van der Waals surface area contributed by atoms with E-state index >= 15 is 0 Å². The first-order valence-corrected chi connectivity index (χ1v) is 7.15. The van der Waals surface area contributed by atoms with Crippen molar-refractivity contribution in [1.82, 2.24) is 10.2 Å². The number of hydrogen-bond donors (Lipinski definition) is 2. The minimum absolute atomic E-state index is 0.191. The molecule has 2 heterocycles. The van der Waals surface area contributed by atoms with Crippen molar-refractivity contribution < 1.29 is 29.0 Å². The number of rotatable bonds is 5. The van der Waals surface area contributed by atoms with Crippen LogP contribution in [-0.4, -0.2) is 57.9 Å². The molecule has 114 valence electrons. The van der Waals surface area contributed by atoms with E-state index in [9.17, 15) is 24.3 Å². The van der Waals surface area contributed by atoms with Crippen LogP contribution in [0.1, 0.15) is 13.3 Å². The van der Waals surface area contributed by atoms with E-state index < -0.39 is 29.2 Å². The highest BCUT2D eigenvalue weighted by Crippen LogP contribution is 2.40. The zero-order valence-electron chi connectivity index (χ0n) is 11.4. The Morgan fingerprint density at radius 2 is 2.14 bits per heavy atom. The molecular weight excluding hydrogens is 300 g/mol. The summed E-state index contributed by atoms with van der Waals surface area (Å²) in [6.07, 6.45) is -0.299. The fraction of sp³-hybridized carbons (Fsp3) is 0.500. The standard InChI is InChI=1S/C12H14N2O6S/c1-5(15)3-7(16)13-8-10(17)14-9(12(18)19)6(20-2)4-21-11(8)14/h8,11H,3-4H2,1-2H3,(H,13,16)(H,18,19)/t8-,11-/m1/s1. The van der Waals surface area contributed by atoms with E-state index in [0.717, 1.165) is 4.90 Å². The summed E-state index contributed by atoms with van der Waals surface area (Å²) in [5.74, 6) is -2.11. The van der Waals surface area contributed by atoms with Crippen LogP contribution in [0.4, 0.5) is 0 Å². The Bertz CT molecular complexity index is 558. The molecule has 0 unspecified atom stereocenters. The molecule has 0 aliphatic carbocycles. The monoisotopic (exact) mass is 314 g/mol. The molecule has 9 heteroatoms. The Morgan fingerprint density at radius 1 is 1.48 bits per heavy atom. The summed E-state index contributed by atoms with van der Waals surface area (Å²) < 4.78 is 4.99. The number of ketones is 1. The van der Waals surface area contributed by atoms with Gasteiger partial charge in [-0.25, -0.2) is 4.79 Å². The van der Waals surface area contributed by atoms with E-state index in [-0.39, 0.29) is 23.7 Å². The average molecular weight is 314 g/mol. The van der Waals surface area contributed by atoms with Crippen molar-refractivity contribution in [2.24, 2.45) is 0 Å². The van der Waals surface area contributed by atoms with E-state index in [1.165, 1.54) is 25.8 Å². The molecule has 2 amide bonds. The topological polar surface area (TPSA) is 113 Å². The third-order valence-electron chi connectivity index (χ3n) is 3.11. The molecule has 2 aliphatic heterocycles. The number of thioether (sulfide) groups is 1. The first-order valence-electron chi connectivity index (χ1n) is 6.10. The number of β-lactam (4-membered cyclic amide) rings is 1. The predicted molar refractivity (Wildman–Crippen MR) is 72.0 cm³/mol. The molecule has 0 spiro atoms. The van der Waals surface area contributed by atoms with Gasteiger partial charge >= 0.3 is 5.97 Å². The van der Waals surface area contributed by atoms with Gasteiger partial charge < -0.3 is 15.2 Å². The van der Waals surface area contributed by atoms with Crippen molar-refractivity contribution in [3.63, 3.8) is 0 Å². The minimum Gasteiger partial charge on any atom is -0.498 e. The van der Waals surface area contributed by atoms with E-state index in [1.807, 2.05) is 0 Å². The first-order chi connectivity index (χ1) is 9.86. The molecule has 2 rings (SSSR count). The molecule has 2 aliphatic rings. The maximum absolute atomic E-state index is 12.1. The van der Waals surface area contributed by atoms with Gasteiger partial charge in [-0.2, -0.15) is 0 Å². The second-order valence-corrected chi connectivity index (χ2v) is 5.72. The molecule has 0 aromatic carbocycles. The van der Waals surface area contributed by atoms with Crippen molar-refractivity contribution >= 4 is 35.3 Å². The molecule has 1 saturated heterocycles. The molecule has 0 aromatic heterocycles. The Hall–Kier alpha value is -2.03. The van der Waals surface area contributed by atoms with Crippen LogP contribution in [0.5, 0.6) is 0 Å². The van der Waals surface area contributed by atoms with E-state index in [4.69, 9.17) is 4.74 Å². The Balaban J connectivity index is 2.13.